The Morgan fingerprint density at radius 1 is 1.09 bits per heavy atom. The Hall–Kier alpha value is 0.302. The molecule has 0 aromatic rings. The van der Waals surface area contributed by atoms with Crippen molar-refractivity contribution >= 4 is 12.4 Å². The summed E-state index contributed by atoms with van der Waals surface area (Å²) in [4.78, 5) is 0. The summed E-state index contributed by atoms with van der Waals surface area (Å²) in [6.45, 7) is 3.93. The van der Waals surface area contributed by atoms with Gasteiger partial charge in [-0.3, -0.25) is 0 Å². The maximum Gasteiger partial charge on any atom is 0 e. The Morgan fingerprint density at radius 3 is 2.45 bits per heavy atom. The molecule has 0 fully saturated rings. The van der Waals surface area contributed by atoms with Crippen molar-refractivity contribution in [2.45, 2.75) is 25.7 Å². The predicted molar refractivity (Wildman–Crippen MR) is 48.3 cm³/mol. The fourth-order valence-corrected chi connectivity index (χ4v) is 0.990. The van der Waals surface area contributed by atoms with Crippen molar-refractivity contribution in [3.8, 4) is 0 Å². The van der Waals surface area contributed by atoms with E-state index in [1.165, 1.54) is 24.8 Å². The van der Waals surface area contributed by atoms with Crippen LogP contribution in [-0.4, -0.2) is 0 Å². The van der Waals surface area contributed by atoms with Gasteiger partial charge in [-0.2, -0.15) is 0 Å². The molecule has 0 radical (unpaired) electrons. The Kier molecular flexibility index (Phi) is 10.6. The van der Waals surface area contributed by atoms with Crippen LogP contribution in [0.1, 0.15) is 25.7 Å². The van der Waals surface area contributed by atoms with Crippen LogP contribution in [0, 0.1) is 6.92 Å². The van der Waals surface area contributed by atoms with E-state index in [0.29, 0.717) is 0 Å². The molecule has 0 saturated carbocycles. The van der Waals surface area contributed by atoms with Gasteiger partial charge >= 0.3 is 0 Å². The van der Waals surface area contributed by atoms with Gasteiger partial charge in [-0.25, -0.2) is 18.6 Å². The molecule has 0 nitrogen and oxygen atoms in total. The van der Waals surface area contributed by atoms with E-state index in [-0.39, 0.29) is 32.8 Å². The Bertz CT molecular complexity index is 138. The molecule has 68 valence electrons. The zero-order chi connectivity index (χ0) is 6.53. The molecule has 1 rings (SSSR count). The minimum atomic E-state index is 0. The van der Waals surface area contributed by atoms with E-state index in [2.05, 4.69) is 25.2 Å². The van der Waals surface area contributed by atoms with E-state index < -0.39 is 0 Å². The van der Waals surface area contributed by atoms with Gasteiger partial charge in [0.15, 0.2) is 0 Å². The average molecular weight is 264 g/mol. The summed E-state index contributed by atoms with van der Waals surface area (Å²) in [5.74, 6) is 0. The molecule has 11 heavy (non-hydrogen) atoms. The van der Waals surface area contributed by atoms with Crippen LogP contribution in [0.2, 0.25) is 0 Å². The number of halogens is 1. The number of allylic oxidation sites excluding steroid dienone is 4. The molecule has 0 amide bonds. The second-order valence-corrected chi connectivity index (χ2v) is 2.45. The minimum Gasteiger partial charge on any atom is -0.242 e. The van der Waals surface area contributed by atoms with E-state index in [1.807, 2.05) is 0 Å². The van der Waals surface area contributed by atoms with Crippen LogP contribution in [0.3, 0.4) is 0 Å². The van der Waals surface area contributed by atoms with Gasteiger partial charge in [-0.1, -0.05) is 25.0 Å². The van der Waals surface area contributed by atoms with Gasteiger partial charge < -0.3 is 0 Å². The van der Waals surface area contributed by atoms with Crippen LogP contribution < -0.4 is 0 Å². The van der Waals surface area contributed by atoms with Crippen LogP contribution >= 0.6 is 12.4 Å². The number of rotatable bonds is 0. The largest absolute Gasteiger partial charge is 0.242 e. The van der Waals surface area contributed by atoms with Crippen molar-refractivity contribution in [2.75, 3.05) is 0 Å². The van der Waals surface area contributed by atoms with Gasteiger partial charge in [-0.15, -0.1) is 12.4 Å². The van der Waals surface area contributed by atoms with Gasteiger partial charge in [0.1, 0.15) is 0 Å². The van der Waals surface area contributed by atoms with Crippen LogP contribution in [0.5, 0.6) is 0 Å². The second-order valence-electron chi connectivity index (χ2n) is 2.45. The van der Waals surface area contributed by atoms with Crippen LogP contribution in [0.15, 0.2) is 23.8 Å². The molecule has 0 atom stereocenters. The molecule has 0 saturated heterocycles. The summed E-state index contributed by atoms with van der Waals surface area (Å²) in [5, 5.41) is 0. The molecule has 0 aliphatic heterocycles. The first-order valence-corrected chi connectivity index (χ1v) is 3.55. The van der Waals surface area contributed by atoms with Crippen LogP contribution in [0.25, 0.3) is 0 Å². The van der Waals surface area contributed by atoms with E-state index in [0.717, 1.165) is 6.42 Å². The Morgan fingerprint density at radius 2 is 1.73 bits per heavy atom. The minimum absolute atomic E-state index is 0. The SMILES string of the molecule is Cl.[CH2-]C1=CCCC=CCC1.[Pd]. The summed E-state index contributed by atoms with van der Waals surface area (Å²) < 4.78 is 0. The molecular weight excluding hydrogens is 250 g/mol. The smallest absolute Gasteiger partial charge is 0 e. The summed E-state index contributed by atoms with van der Waals surface area (Å²) in [7, 11) is 0. The normalized spacial score (nSPS) is 16.5. The third kappa shape index (κ3) is 6.69. The third-order valence-corrected chi connectivity index (χ3v) is 1.57. The molecular formula is C9H14ClPd-. The molecule has 0 aromatic heterocycles. The van der Waals surface area contributed by atoms with Crippen molar-refractivity contribution in [3.63, 3.8) is 0 Å². The van der Waals surface area contributed by atoms with Crippen LogP contribution in [0.4, 0.5) is 0 Å². The van der Waals surface area contributed by atoms with Crippen molar-refractivity contribution in [2.24, 2.45) is 0 Å². The van der Waals surface area contributed by atoms with Gasteiger partial charge in [0.25, 0.3) is 0 Å². The summed E-state index contributed by atoms with van der Waals surface area (Å²) in [6.07, 6.45) is 11.4. The van der Waals surface area contributed by atoms with Crippen molar-refractivity contribution < 1.29 is 20.4 Å². The van der Waals surface area contributed by atoms with E-state index in [4.69, 9.17) is 0 Å². The quantitative estimate of drug-likeness (QED) is 0.358. The molecule has 1 aliphatic carbocycles. The fourth-order valence-electron chi connectivity index (χ4n) is 0.990. The van der Waals surface area contributed by atoms with Crippen molar-refractivity contribution in [3.05, 3.63) is 30.7 Å². The van der Waals surface area contributed by atoms with Gasteiger partial charge in [-0.05, 0) is 12.8 Å². The monoisotopic (exact) mass is 263 g/mol. The predicted octanol–water partition coefficient (Wildman–Crippen LogP) is 3.30. The molecule has 0 bridgehead atoms. The van der Waals surface area contributed by atoms with E-state index >= 15 is 0 Å². The van der Waals surface area contributed by atoms with E-state index in [9.17, 15) is 0 Å². The molecule has 1 aliphatic rings. The molecule has 0 spiro atoms. The first kappa shape index (κ1) is 13.9. The zero-order valence-corrected chi connectivity index (χ0v) is 8.86. The van der Waals surface area contributed by atoms with Crippen LogP contribution in [-0.2, 0) is 20.4 Å². The first-order chi connectivity index (χ1) is 4.39. The second kappa shape index (κ2) is 8.40. The molecule has 0 heterocycles. The first-order valence-electron chi connectivity index (χ1n) is 3.55. The van der Waals surface area contributed by atoms with E-state index in [1.54, 1.807) is 0 Å². The topological polar surface area (TPSA) is 0 Å². The maximum atomic E-state index is 3.93. The third-order valence-electron chi connectivity index (χ3n) is 1.57. The summed E-state index contributed by atoms with van der Waals surface area (Å²) in [5.41, 5.74) is 1.30. The number of hydrogen-bond acceptors (Lipinski definition) is 0. The summed E-state index contributed by atoms with van der Waals surface area (Å²) in [6, 6.07) is 0. The molecule has 0 aromatic carbocycles. The zero-order valence-electron chi connectivity index (χ0n) is 6.49. The fraction of sp³-hybridized carbons (Fsp3) is 0.444. The van der Waals surface area contributed by atoms with Gasteiger partial charge in [0.05, 0.1) is 0 Å². The Labute approximate surface area is 89.2 Å². The summed E-state index contributed by atoms with van der Waals surface area (Å²) >= 11 is 0. The van der Waals surface area contributed by atoms with Crippen molar-refractivity contribution in [1.82, 2.24) is 0 Å². The maximum absolute atomic E-state index is 3.93. The standard InChI is InChI=1S/C9H13.ClH.Pd/c1-9-7-5-3-2-4-6-8-9;;/h2-3,8H,1,4-7H2;1H;/q-1;;. The molecule has 0 N–H and O–H groups in total. The average Bonchev–Trinajstić information content (AvgIpc) is 1.79. The van der Waals surface area contributed by atoms with Gasteiger partial charge in [0, 0.05) is 20.4 Å². The Balaban J connectivity index is 0. The van der Waals surface area contributed by atoms with Crippen molar-refractivity contribution in [1.29, 1.82) is 0 Å². The number of hydrogen-bond donors (Lipinski definition) is 0. The van der Waals surface area contributed by atoms with Gasteiger partial charge in [0.2, 0.25) is 0 Å². The molecule has 0 unspecified atom stereocenters. The molecule has 2 heteroatoms.